The van der Waals surface area contributed by atoms with Crippen molar-refractivity contribution in [2.45, 2.75) is 25.5 Å². The molecule has 1 aromatic heterocycles. The van der Waals surface area contributed by atoms with Gasteiger partial charge in [-0.3, -0.25) is 4.90 Å². The lowest BCUT2D eigenvalue weighted by atomic mass is 9.92. The van der Waals surface area contributed by atoms with E-state index in [1.54, 1.807) is 6.20 Å². The molecule has 2 aromatic rings. The number of aromatic amines is 1. The Morgan fingerprint density at radius 3 is 2.84 bits per heavy atom. The van der Waals surface area contributed by atoms with Gasteiger partial charge in [-0.15, -0.1) is 0 Å². The Labute approximate surface area is 113 Å². The molecule has 2 heterocycles. The zero-order valence-corrected chi connectivity index (χ0v) is 11.1. The Morgan fingerprint density at radius 1 is 1.37 bits per heavy atom. The number of hydrogen-bond donors (Lipinski definition) is 2. The fourth-order valence-corrected chi connectivity index (χ4v) is 2.70. The number of nitrogens with one attached hydrogen (secondary N) is 1. The summed E-state index contributed by atoms with van der Waals surface area (Å²) in [5.74, 6) is 0.952. The van der Waals surface area contributed by atoms with Gasteiger partial charge in [0, 0.05) is 25.5 Å². The van der Waals surface area contributed by atoms with Crippen molar-refractivity contribution < 1.29 is 5.11 Å². The highest BCUT2D eigenvalue weighted by Gasteiger charge is 2.37. The third-order valence-corrected chi connectivity index (χ3v) is 3.84. The number of H-pyrrole nitrogens is 1. The Morgan fingerprint density at radius 2 is 2.16 bits per heavy atom. The molecule has 0 radical (unpaired) electrons. The van der Waals surface area contributed by atoms with E-state index < -0.39 is 5.60 Å². The smallest absolute Gasteiger partial charge is 0.120 e. The first kappa shape index (κ1) is 12.4. The summed E-state index contributed by atoms with van der Waals surface area (Å²) in [5, 5.41) is 10.8. The molecule has 100 valence electrons. The molecule has 4 heteroatoms. The Hall–Kier alpha value is -1.65. The molecule has 0 aliphatic carbocycles. The predicted molar refractivity (Wildman–Crippen MR) is 73.6 cm³/mol. The van der Waals surface area contributed by atoms with Crippen molar-refractivity contribution in [3.05, 3.63) is 53.6 Å². The van der Waals surface area contributed by atoms with Gasteiger partial charge >= 0.3 is 0 Å². The highest BCUT2D eigenvalue weighted by Crippen LogP contribution is 2.32. The number of hydrogen-bond acceptors (Lipinski definition) is 3. The van der Waals surface area contributed by atoms with Crippen LogP contribution in [0.2, 0.25) is 0 Å². The van der Waals surface area contributed by atoms with Crippen LogP contribution in [0.4, 0.5) is 0 Å². The van der Waals surface area contributed by atoms with E-state index in [2.05, 4.69) is 33.9 Å². The lowest BCUT2D eigenvalue weighted by molar-refractivity contribution is 0.0450. The van der Waals surface area contributed by atoms with Gasteiger partial charge in [0.2, 0.25) is 0 Å². The van der Waals surface area contributed by atoms with E-state index in [4.69, 9.17) is 0 Å². The van der Waals surface area contributed by atoms with Crippen molar-refractivity contribution in [3.8, 4) is 0 Å². The summed E-state index contributed by atoms with van der Waals surface area (Å²) in [7, 11) is 0. The molecule has 0 saturated carbocycles. The second kappa shape index (κ2) is 4.79. The Balaban J connectivity index is 1.71. The van der Waals surface area contributed by atoms with Crippen LogP contribution >= 0.6 is 0 Å². The van der Waals surface area contributed by atoms with Gasteiger partial charge in [-0.05, 0) is 18.9 Å². The van der Waals surface area contributed by atoms with Crippen LogP contribution in [0.3, 0.4) is 0 Å². The van der Waals surface area contributed by atoms with E-state index in [1.165, 1.54) is 5.56 Å². The maximum absolute atomic E-state index is 10.8. The van der Waals surface area contributed by atoms with Crippen LogP contribution in [0.15, 0.2) is 36.7 Å². The summed E-state index contributed by atoms with van der Waals surface area (Å²) in [4.78, 5) is 9.57. The van der Waals surface area contributed by atoms with E-state index in [9.17, 15) is 5.11 Å². The average Bonchev–Trinajstić information content (AvgIpc) is 3.02. The van der Waals surface area contributed by atoms with Gasteiger partial charge in [-0.1, -0.05) is 29.8 Å². The number of likely N-dealkylation sites (tertiary alicyclic amines) is 1. The summed E-state index contributed by atoms with van der Waals surface area (Å²) in [6, 6.07) is 8.18. The quantitative estimate of drug-likeness (QED) is 0.881. The number of benzene rings is 1. The highest BCUT2D eigenvalue weighted by molar-refractivity contribution is 5.28. The first-order chi connectivity index (χ1) is 9.16. The summed E-state index contributed by atoms with van der Waals surface area (Å²) < 4.78 is 0. The van der Waals surface area contributed by atoms with E-state index in [0.29, 0.717) is 6.54 Å². The van der Waals surface area contributed by atoms with Gasteiger partial charge in [-0.2, -0.15) is 0 Å². The third-order valence-electron chi connectivity index (χ3n) is 3.84. The number of aryl methyl sites for hydroxylation is 1. The molecule has 1 aromatic carbocycles. The molecule has 2 N–H and O–H groups in total. The number of aromatic nitrogens is 2. The van der Waals surface area contributed by atoms with Gasteiger partial charge in [0.1, 0.15) is 11.4 Å². The normalized spacial score (nSPS) is 23.9. The molecule has 1 aliphatic rings. The monoisotopic (exact) mass is 257 g/mol. The minimum absolute atomic E-state index is 0.663. The zero-order chi connectivity index (χ0) is 13.3. The van der Waals surface area contributed by atoms with Gasteiger partial charge in [0.05, 0.1) is 6.54 Å². The van der Waals surface area contributed by atoms with Crippen LogP contribution in [-0.4, -0.2) is 33.1 Å². The topological polar surface area (TPSA) is 52.1 Å². The number of imidazole rings is 1. The van der Waals surface area contributed by atoms with E-state index >= 15 is 0 Å². The fourth-order valence-electron chi connectivity index (χ4n) is 2.70. The van der Waals surface area contributed by atoms with Crippen molar-refractivity contribution in [1.29, 1.82) is 0 Å². The molecular formula is C15H19N3O. The molecule has 0 spiro atoms. The second-order valence-corrected chi connectivity index (χ2v) is 5.39. The predicted octanol–water partition coefficient (Wildman–Crippen LogP) is 1.81. The largest absolute Gasteiger partial charge is 0.384 e. The van der Waals surface area contributed by atoms with Crippen molar-refractivity contribution in [3.63, 3.8) is 0 Å². The molecular weight excluding hydrogens is 238 g/mol. The van der Waals surface area contributed by atoms with Gasteiger partial charge in [0.25, 0.3) is 0 Å². The van der Waals surface area contributed by atoms with Crippen molar-refractivity contribution in [2.75, 3.05) is 13.1 Å². The van der Waals surface area contributed by atoms with Crippen LogP contribution in [0.25, 0.3) is 0 Å². The lowest BCUT2D eigenvalue weighted by Gasteiger charge is -2.24. The Bertz CT molecular complexity index is 535. The van der Waals surface area contributed by atoms with Crippen molar-refractivity contribution in [1.82, 2.24) is 14.9 Å². The van der Waals surface area contributed by atoms with Crippen LogP contribution in [-0.2, 0) is 12.1 Å². The molecule has 1 saturated heterocycles. The van der Waals surface area contributed by atoms with E-state index in [0.717, 1.165) is 30.9 Å². The molecule has 3 rings (SSSR count). The molecule has 0 unspecified atom stereocenters. The van der Waals surface area contributed by atoms with Gasteiger partial charge in [-0.25, -0.2) is 4.98 Å². The average molecular weight is 257 g/mol. The number of β-amino-alcohol motifs (C(OH)–C–C–N with tert-alkyl or cyclic N) is 1. The molecule has 1 atom stereocenters. The molecule has 1 aliphatic heterocycles. The SMILES string of the molecule is Cc1ccc([C@@]2(O)CCN(Cc3ncc[nH]3)C2)cc1. The van der Waals surface area contributed by atoms with Crippen LogP contribution in [0.5, 0.6) is 0 Å². The van der Waals surface area contributed by atoms with Crippen molar-refractivity contribution >= 4 is 0 Å². The standard InChI is InChI=1S/C15H19N3O/c1-12-2-4-13(5-3-12)15(19)6-9-18(11-15)10-14-16-7-8-17-14/h2-5,7-8,19H,6,9-11H2,1H3,(H,16,17)/t15-/m1/s1. The van der Waals surface area contributed by atoms with Gasteiger partial charge in [0.15, 0.2) is 0 Å². The summed E-state index contributed by atoms with van der Waals surface area (Å²) in [6.45, 7) is 4.38. The Kier molecular flexibility index (Phi) is 3.12. The summed E-state index contributed by atoms with van der Waals surface area (Å²) >= 11 is 0. The maximum Gasteiger partial charge on any atom is 0.120 e. The van der Waals surface area contributed by atoms with E-state index in [-0.39, 0.29) is 0 Å². The minimum atomic E-state index is -0.722. The number of nitrogens with zero attached hydrogens (tertiary/aromatic N) is 2. The van der Waals surface area contributed by atoms with Crippen molar-refractivity contribution in [2.24, 2.45) is 0 Å². The summed E-state index contributed by atoms with van der Waals surface area (Å²) in [6.07, 6.45) is 4.37. The van der Waals surface area contributed by atoms with Crippen LogP contribution < -0.4 is 0 Å². The number of rotatable bonds is 3. The highest BCUT2D eigenvalue weighted by atomic mass is 16.3. The molecule has 0 amide bonds. The minimum Gasteiger partial charge on any atom is -0.384 e. The van der Waals surface area contributed by atoms with Crippen LogP contribution in [0, 0.1) is 6.92 Å². The second-order valence-electron chi connectivity index (χ2n) is 5.39. The third kappa shape index (κ3) is 2.55. The first-order valence-corrected chi connectivity index (χ1v) is 6.66. The number of aliphatic hydroxyl groups is 1. The lowest BCUT2D eigenvalue weighted by Crippen LogP contribution is -2.30. The fraction of sp³-hybridized carbons (Fsp3) is 0.400. The molecule has 4 nitrogen and oxygen atoms in total. The van der Waals surface area contributed by atoms with Gasteiger partial charge < -0.3 is 10.1 Å². The molecule has 1 fully saturated rings. The summed E-state index contributed by atoms with van der Waals surface area (Å²) in [5.41, 5.74) is 1.51. The molecule has 19 heavy (non-hydrogen) atoms. The zero-order valence-electron chi connectivity index (χ0n) is 11.1. The first-order valence-electron chi connectivity index (χ1n) is 6.66. The van der Waals surface area contributed by atoms with Crippen LogP contribution in [0.1, 0.15) is 23.4 Å². The maximum atomic E-state index is 10.8. The molecule has 0 bridgehead atoms. The van der Waals surface area contributed by atoms with E-state index in [1.807, 2.05) is 18.3 Å².